The molecule has 0 saturated carbocycles. The van der Waals surface area contributed by atoms with Crippen LogP contribution >= 0.6 is 0 Å². The third kappa shape index (κ3) is 6.43. The maximum Gasteiger partial charge on any atom is 0.294 e. The smallest absolute Gasteiger partial charge is 0.294 e. The first kappa shape index (κ1) is 25.1. The van der Waals surface area contributed by atoms with Crippen molar-refractivity contribution in [3.63, 3.8) is 0 Å². The van der Waals surface area contributed by atoms with Crippen molar-refractivity contribution in [1.29, 1.82) is 0 Å². The Labute approximate surface area is 193 Å². The van der Waals surface area contributed by atoms with E-state index >= 15 is 0 Å². The number of hydrogen-bond donors (Lipinski definition) is 2. The molecule has 8 heteroatoms. The number of ether oxygens (including phenoxy) is 2. The normalized spacial score (nSPS) is 11.2. The van der Waals surface area contributed by atoms with E-state index in [2.05, 4.69) is 17.2 Å². The first-order valence-electron chi connectivity index (χ1n) is 10.1. The van der Waals surface area contributed by atoms with Crippen molar-refractivity contribution in [2.45, 2.75) is 32.9 Å². The second-order valence-corrected chi connectivity index (χ2v) is 7.42. The zero-order chi connectivity index (χ0) is 24.4. The van der Waals surface area contributed by atoms with Crippen molar-refractivity contribution in [1.82, 2.24) is 10.0 Å². The molecule has 1 heterocycles. The fourth-order valence-corrected chi connectivity index (χ4v) is 3.03. The summed E-state index contributed by atoms with van der Waals surface area (Å²) in [5, 5.41) is 13.7. The number of nitrogens with zero attached hydrogens (tertiary/aromatic N) is 1. The van der Waals surface area contributed by atoms with Gasteiger partial charge in [-0.05, 0) is 38.5 Å². The van der Waals surface area contributed by atoms with Crippen LogP contribution < -0.4 is 15.7 Å². The van der Waals surface area contributed by atoms with Gasteiger partial charge in [0.05, 0.1) is 37.8 Å². The lowest BCUT2D eigenvalue weighted by Crippen LogP contribution is -2.43. The molecule has 0 saturated heterocycles. The Bertz CT molecular complexity index is 1150. The van der Waals surface area contributed by atoms with Crippen molar-refractivity contribution in [3.8, 4) is 17.7 Å². The fraction of sp³-hybridized carbons (Fsp3) is 0.280. The summed E-state index contributed by atoms with van der Waals surface area (Å²) in [5.41, 5.74) is -0.805. The molecule has 0 atom stereocenters. The number of carbonyl (C=O) groups is 1. The van der Waals surface area contributed by atoms with Gasteiger partial charge in [-0.15, -0.1) is 10.7 Å². The van der Waals surface area contributed by atoms with E-state index in [4.69, 9.17) is 14.3 Å². The second kappa shape index (κ2) is 11.5. The lowest BCUT2D eigenvalue weighted by molar-refractivity contribution is 0.0681. The molecule has 2 aromatic rings. The molecule has 8 nitrogen and oxygen atoms in total. The summed E-state index contributed by atoms with van der Waals surface area (Å²) >= 11 is 0. The molecule has 1 aromatic carbocycles. The summed E-state index contributed by atoms with van der Waals surface area (Å²) in [6, 6.07) is 9.11. The van der Waals surface area contributed by atoms with Gasteiger partial charge in [-0.25, -0.2) is 0 Å². The summed E-state index contributed by atoms with van der Waals surface area (Å²) in [6.45, 7) is 5.08. The third-order valence-electron chi connectivity index (χ3n) is 4.43. The van der Waals surface area contributed by atoms with Gasteiger partial charge in [-0.1, -0.05) is 36.3 Å². The van der Waals surface area contributed by atoms with Gasteiger partial charge in [0.15, 0.2) is 0 Å². The number of aromatic hydroxyl groups is 1. The van der Waals surface area contributed by atoms with Gasteiger partial charge in [0.25, 0.3) is 11.5 Å². The Morgan fingerprint density at radius 1 is 1.12 bits per heavy atom. The first-order chi connectivity index (χ1) is 15.8. The molecule has 2 N–H and O–H groups in total. The molecular formula is C25H28N2O6. The SMILES string of the molecule is CC#CC(C)(C)NC(=O)c1c(/C=C/OC)c(/C=C/OC)c(=O)n(OCc2ccccc2)c1O. The van der Waals surface area contributed by atoms with E-state index < -0.39 is 22.9 Å². The summed E-state index contributed by atoms with van der Waals surface area (Å²) < 4.78 is 10.6. The summed E-state index contributed by atoms with van der Waals surface area (Å²) in [5.74, 6) is 4.34. The fourth-order valence-electron chi connectivity index (χ4n) is 3.03. The highest BCUT2D eigenvalue weighted by molar-refractivity contribution is 6.01. The maximum atomic E-state index is 13.3. The molecule has 1 aromatic heterocycles. The van der Waals surface area contributed by atoms with Crippen LogP contribution in [-0.2, 0) is 16.1 Å². The van der Waals surface area contributed by atoms with Crippen LogP contribution in [0.5, 0.6) is 5.88 Å². The van der Waals surface area contributed by atoms with Crippen LogP contribution in [0.15, 0.2) is 47.7 Å². The highest BCUT2D eigenvalue weighted by atomic mass is 16.7. The van der Waals surface area contributed by atoms with Crippen molar-refractivity contribution in [2.24, 2.45) is 0 Å². The Morgan fingerprint density at radius 3 is 2.30 bits per heavy atom. The number of carbonyl (C=O) groups excluding carboxylic acids is 1. The first-order valence-corrected chi connectivity index (χ1v) is 10.1. The standard InChI is InChI=1S/C25H28N2O6/c1-6-14-25(2,3)26-22(28)21-19(12-15-31-4)20(13-16-32-5)23(29)27(24(21)30)33-17-18-10-8-7-9-11-18/h7-13,15-16,30H,17H2,1-5H3,(H,26,28)/b15-12+,16-13+. The van der Waals surface area contributed by atoms with Crippen molar-refractivity contribution < 1.29 is 24.2 Å². The molecule has 0 radical (unpaired) electrons. The molecule has 1 amide bonds. The topological polar surface area (TPSA) is 99.0 Å². The molecule has 174 valence electrons. The maximum absolute atomic E-state index is 13.3. The summed E-state index contributed by atoms with van der Waals surface area (Å²) in [7, 11) is 2.84. The number of rotatable bonds is 9. The summed E-state index contributed by atoms with van der Waals surface area (Å²) in [6.07, 6.45) is 5.37. The van der Waals surface area contributed by atoms with Crippen LogP contribution in [0.25, 0.3) is 12.2 Å². The monoisotopic (exact) mass is 452 g/mol. The lowest BCUT2D eigenvalue weighted by atomic mass is 10.00. The van der Waals surface area contributed by atoms with Crippen molar-refractivity contribution in [3.05, 3.63) is 75.5 Å². The predicted molar refractivity (Wildman–Crippen MR) is 126 cm³/mol. The number of nitrogens with one attached hydrogen (secondary N) is 1. The minimum atomic E-state index is -0.894. The van der Waals surface area contributed by atoms with E-state index in [9.17, 15) is 14.7 Å². The van der Waals surface area contributed by atoms with Crippen molar-refractivity contribution >= 4 is 18.1 Å². The Morgan fingerprint density at radius 2 is 1.73 bits per heavy atom. The molecule has 2 rings (SSSR count). The zero-order valence-corrected chi connectivity index (χ0v) is 19.3. The molecule has 0 aliphatic rings. The second-order valence-electron chi connectivity index (χ2n) is 7.42. The summed E-state index contributed by atoms with van der Waals surface area (Å²) in [4.78, 5) is 32.1. The minimum absolute atomic E-state index is 0.0111. The van der Waals surface area contributed by atoms with Crippen LogP contribution in [-0.4, -0.2) is 35.5 Å². The number of benzene rings is 1. The van der Waals surface area contributed by atoms with Gasteiger partial charge in [0.1, 0.15) is 12.2 Å². The molecule has 33 heavy (non-hydrogen) atoms. The number of amides is 1. The molecular weight excluding hydrogens is 424 g/mol. The van der Waals surface area contributed by atoms with E-state index in [0.717, 1.165) is 5.56 Å². The van der Waals surface area contributed by atoms with Crippen LogP contribution in [0.3, 0.4) is 0 Å². The van der Waals surface area contributed by atoms with E-state index in [1.807, 2.05) is 30.3 Å². The van der Waals surface area contributed by atoms with Gasteiger partial charge in [-0.3, -0.25) is 9.59 Å². The number of pyridine rings is 1. The van der Waals surface area contributed by atoms with Crippen LogP contribution in [0, 0.1) is 11.8 Å². The van der Waals surface area contributed by atoms with E-state index in [1.54, 1.807) is 20.8 Å². The van der Waals surface area contributed by atoms with Gasteiger partial charge in [0, 0.05) is 5.56 Å². The molecule has 0 aliphatic heterocycles. The zero-order valence-electron chi connectivity index (χ0n) is 19.3. The average molecular weight is 453 g/mol. The highest BCUT2D eigenvalue weighted by Crippen LogP contribution is 2.25. The highest BCUT2D eigenvalue weighted by Gasteiger charge is 2.28. The molecule has 0 unspecified atom stereocenters. The van der Waals surface area contributed by atoms with Crippen molar-refractivity contribution in [2.75, 3.05) is 14.2 Å². The van der Waals surface area contributed by atoms with Gasteiger partial charge in [0.2, 0.25) is 5.88 Å². The van der Waals surface area contributed by atoms with E-state index in [1.165, 1.54) is 38.9 Å². The quantitative estimate of drug-likeness (QED) is 0.448. The van der Waals surface area contributed by atoms with E-state index in [-0.39, 0.29) is 23.3 Å². The number of methoxy groups -OCH3 is 2. The average Bonchev–Trinajstić information content (AvgIpc) is 2.77. The lowest BCUT2D eigenvalue weighted by Gasteiger charge is -2.22. The molecule has 0 spiro atoms. The molecule has 0 bridgehead atoms. The Hall–Kier alpha value is -4.12. The predicted octanol–water partition coefficient (Wildman–Crippen LogP) is 2.95. The molecule has 0 fully saturated rings. The molecule has 0 aliphatic carbocycles. The van der Waals surface area contributed by atoms with Crippen LogP contribution in [0.4, 0.5) is 0 Å². The minimum Gasteiger partial charge on any atom is -0.504 e. The van der Waals surface area contributed by atoms with Gasteiger partial charge < -0.3 is 24.7 Å². The Kier molecular flexibility index (Phi) is 8.75. The van der Waals surface area contributed by atoms with Gasteiger partial charge in [-0.2, -0.15) is 0 Å². The van der Waals surface area contributed by atoms with E-state index in [0.29, 0.717) is 4.73 Å². The number of aromatic nitrogens is 1. The van der Waals surface area contributed by atoms with Crippen LogP contribution in [0.1, 0.15) is 47.8 Å². The van der Waals surface area contributed by atoms with Crippen LogP contribution in [0.2, 0.25) is 0 Å². The Balaban J connectivity index is 2.72. The third-order valence-corrected chi connectivity index (χ3v) is 4.43. The number of hydrogen-bond acceptors (Lipinski definition) is 6. The largest absolute Gasteiger partial charge is 0.504 e. The van der Waals surface area contributed by atoms with Gasteiger partial charge >= 0.3 is 0 Å².